The van der Waals surface area contributed by atoms with E-state index in [4.69, 9.17) is 9.47 Å². The zero-order valence-electron chi connectivity index (χ0n) is 20.8. The maximum atomic E-state index is 12.2. The molecular weight excluding hydrogens is 404 g/mol. The van der Waals surface area contributed by atoms with Gasteiger partial charge in [-0.25, -0.2) is 0 Å². The zero-order chi connectivity index (χ0) is 23.3. The first-order valence-corrected chi connectivity index (χ1v) is 13.1. The molecule has 182 valence electrons. The molecule has 4 aliphatic carbocycles. The van der Waals surface area contributed by atoms with E-state index < -0.39 is 5.60 Å². The topological polar surface area (TPSA) is 72.8 Å². The highest BCUT2D eigenvalue weighted by Gasteiger charge is 2.62. The molecule has 4 fully saturated rings. The molecule has 5 heteroatoms. The number of hydrogen-bond acceptors (Lipinski definition) is 5. The molecule has 0 saturated heterocycles. The Labute approximate surface area is 194 Å². The van der Waals surface area contributed by atoms with Gasteiger partial charge in [-0.15, -0.1) is 0 Å². The number of aliphatic hydroxyl groups is 1. The van der Waals surface area contributed by atoms with Crippen LogP contribution in [0.4, 0.5) is 0 Å². The Morgan fingerprint density at radius 2 is 1.69 bits per heavy atom. The van der Waals surface area contributed by atoms with Gasteiger partial charge in [0.1, 0.15) is 6.10 Å². The van der Waals surface area contributed by atoms with E-state index in [1.807, 2.05) is 13.8 Å². The van der Waals surface area contributed by atoms with Gasteiger partial charge < -0.3 is 14.6 Å². The summed E-state index contributed by atoms with van der Waals surface area (Å²) in [4.78, 5) is 23.7. The third kappa shape index (κ3) is 4.01. The van der Waals surface area contributed by atoms with Gasteiger partial charge in [0, 0.05) is 6.92 Å². The van der Waals surface area contributed by atoms with E-state index in [0.717, 1.165) is 44.4 Å². The maximum absolute atomic E-state index is 12.2. The van der Waals surface area contributed by atoms with Gasteiger partial charge in [-0.3, -0.25) is 9.59 Å². The average molecular weight is 449 g/mol. The van der Waals surface area contributed by atoms with Crippen LogP contribution in [0.3, 0.4) is 0 Å². The highest BCUT2D eigenvalue weighted by Crippen LogP contribution is 2.68. The predicted molar refractivity (Wildman–Crippen MR) is 123 cm³/mol. The van der Waals surface area contributed by atoms with E-state index in [1.54, 1.807) is 0 Å². The minimum atomic E-state index is -1.01. The molecule has 32 heavy (non-hydrogen) atoms. The van der Waals surface area contributed by atoms with E-state index in [9.17, 15) is 14.7 Å². The monoisotopic (exact) mass is 448 g/mol. The van der Waals surface area contributed by atoms with Gasteiger partial charge in [0.25, 0.3) is 0 Å². The van der Waals surface area contributed by atoms with Crippen molar-refractivity contribution >= 4 is 11.9 Å². The number of carbonyl (C=O) groups is 2. The van der Waals surface area contributed by atoms with Gasteiger partial charge in [-0.1, -0.05) is 13.8 Å². The van der Waals surface area contributed by atoms with E-state index in [1.165, 1.54) is 26.2 Å². The van der Waals surface area contributed by atoms with Crippen LogP contribution < -0.4 is 0 Å². The molecule has 0 radical (unpaired) electrons. The lowest BCUT2D eigenvalue weighted by Gasteiger charge is -2.61. The van der Waals surface area contributed by atoms with Crippen LogP contribution in [0, 0.1) is 40.4 Å². The first-order chi connectivity index (χ1) is 15.0. The largest absolute Gasteiger partial charge is 0.466 e. The normalized spacial score (nSPS) is 45.1. The molecule has 9 atom stereocenters. The van der Waals surface area contributed by atoms with Crippen molar-refractivity contribution < 1.29 is 24.2 Å². The Morgan fingerprint density at radius 3 is 2.38 bits per heavy atom. The minimum absolute atomic E-state index is 0.0926. The highest BCUT2D eigenvalue weighted by molar-refractivity contribution is 5.70. The van der Waals surface area contributed by atoms with Crippen molar-refractivity contribution in [2.45, 2.75) is 111 Å². The van der Waals surface area contributed by atoms with Crippen molar-refractivity contribution in [3.05, 3.63) is 0 Å². The SMILES string of the molecule is CCOC(=O)C[C@@](C)(O)[C@H]1CC[C@H]2[C@@H]3CC[C@H]4C[C@@H](OC(C)=O)CC[C@]4(C)[C@H]3CC[C@@]21C. The second kappa shape index (κ2) is 8.60. The summed E-state index contributed by atoms with van der Waals surface area (Å²) >= 11 is 0. The number of rotatable bonds is 5. The Balaban J connectivity index is 1.49. The second-order valence-corrected chi connectivity index (χ2v) is 12.2. The van der Waals surface area contributed by atoms with Crippen LogP contribution >= 0.6 is 0 Å². The first kappa shape index (κ1) is 24.0. The van der Waals surface area contributed by atoms with E-state index in [0.29, 0.717) is 29.8 Å². The van der Waals surface area contributed by atoms with Crippen LogP contribution in [-0.2, 0) is 19.1 Å². The van der Waals surface area contributed by atoms with E-state index in [-0.39, 0.29) is 35.8 Å². The summed E-state index contributed by atoms with van der Waals surface area (Å²) in [6.07, 6.45) is 10.4. The molecule has 0 aromatic heterocycles. The molecule has 0 aromatic rings. The molecule has 1 N–H and O–H groups in total. The number of hydrogen-bond donors (Lipinski definition) is 1. The smallest absolute Gasteiger partial charge is 0.308 e. The predicted octanol–water partition coefficient (Wildman–Crippen LogP) is 5.28. The molecule has 4 rings (SSSR count). The first-order valence-electron chi connectivity index (χ1n) is 13.1. The Hall–Kier alpha value is -1.10. The number of fused-ring (bicyclic) bond motifs is 5. The minimum Gasteiger partial charge on any atom is -0.466 e. The lowest BCUT2D eigenvalue weighted by molar-refractivity contribution is -0.167. The Bertz CT molecular complexity index is 732. The summed E-state index contributed by atoms with van der Waals surface area (Å²) in [5, 5.41) is 11.4. The molecule has 0 amide bonds. The third-order valence-electron chi connectivity index (χ3n) is 10.5. The lowest BCUT2D eigenvalue weighted by atomic mass is 9.44. The molecule has 5 nitrogen and oxygen atoms in total. The van der Waals surface area contributed by atoms with Crippen molar-refractivity contribution in [1.82, 2.24) is 0 Å². The summed E-state index contributed by atoms with van der Waals surface area (Å²) < 4.78 is 10.8. The van der Waals surface area contributed by atoms with Crippen LogP contribution in [-0.4, -0.2) is 35.4 Å². The third-order valence-corrected chi connectivity index (χ3v) is 10.5. The molecular formula is C27H44O5. The number of esters is 2. The molecule has 4 aliphatic rings. The maximum Gasteiger partial charge on any atom is 0.308 e. The average Bonchev–Trinajstić information content (AvgIpc) is 3.06. The second-order valence-electron chi connectivity index (χ2n) is 12.2. The molecule has 0 spiro atoms. The van der Waals surface area contributed by atoms with Gasteiger partial charge in [-0.05, 0) is 112 Å². The number of carbonyl (C=O) groups excluding carboxylic acids is 2. The molecule has 4 saturated carbocycles. The van der Waals surface area contributed by atoms with Crippen molar-refractivity contribution in [1.29, 1.82) is 0 Å². The van der Waals surface area contributed by atoms with Gasteiger partial charge in [0.2, 0.25) is 0 Å². The summed E-state index contributed by atoms with van der Waals surface area (Å²) in [5.74, 6) is 2.44. The fourth-order valence-electron chi connectivity index (χ4n) is 9.21. The fourth-order valence-corrected chi connectivity index (χ4v) is 9.21. The standard InChI is InChI=1S/C27H44O5/c1-6-31-24(29)16-27(5,30)23-10-9-21-20-8-7-18-15-19(32-17(2)28)11-13-25(18,3)22(20)12-14-26(21,23)4/h18-23,30H,6-16H2,1-5H3/t18-,19-,20-,21-,22-,23-,25-,26-,27+/m0/s1. The summed E-state index contributed by atoms with van der Waals surface area (Å²) in [6, 6.07) is 0. The molecule has 0 heterocycles. The Morgan fingerprint density at radius 1 is 1.00 bits per heavy atom. The van der Waals surface area contributed by atoms with Crippen LogP contribution in [0.1, 0.15) is 98.8 Å². The van der Waals surface area contributed by atoms with Crippen LogP contribution in [0.25, 0.3) is 0 Å². The molecule has 0 aliphatic heterocycles. The number of ether oxygens (including phenoxy) is 2. The van der Waals surface area contributed by atoms with Crippen molar-refractivity contribution in [2.24, 2.45) is 40.4 Å². The van der Waals surface area contributed by atoms with Gasteiger partial charge >= 0.3 is 11.9 Å². The lowest BCUT2D eigenvalue weighted by Crippen LogP contribution is -2.55. The van der Waals surface area contributed by atoms with Gasteiger partial charge in [0.05, 0.1) is 18.6 Å². The van der Waals surface area contributed by atoms with Crippen LogP contribution in [0.5, 0.6) is 0 Å². The molecule has 0 aromatic carbocycles. The fraction of sp³-hybridized carbons (Fsp3) is 0.926. The van der Waals surface area contributed by atoms with Crippen LogP contribution in [0.2, 0.25) is 0 Å². The van der Waals surface area contributed by atoms with Crippen LogP contribution in [0.15, 0.2) is 0 Å². The van der Waals surface area contributed by atoms with Crippen molar-refractivity contribution in [3.63, 3.8) is 0 Å². The summed E-state index contributed by atoms with van der Waals surface area (Å²) in [6.45, 7) is 10.5. The van der Waals surface area contributed by atoms with Gasteiger partial charge in [-0.2, -0.15) is 0 Å². The van der Waals surface area contributed by atoms with Crippen molar-refractivity contribution in [3.8, 4) is 0 Å². The van der Waals surface area contributed by atoms with Gasteiger partial charge in [0.15, 0.2) is 0 Å². The Kier molecular flexibility index (Phi) is 6.46. The van der Waals surface area contributed by atoms with Crippen molar-refractivity contribution in [2.75, 3.05) is 6.61 Å². The quantitative estimate of drug-likeness (QED) is 0.579. The molecule has 0 bridgehead atoms. The van der Waals surface area contributed by atoms with E-state index in [2.05, 4.69) is 13.8 Å². The zero-order valence-corrected chi connectivity index (χ0v) is 20.8. The highest BCUT2D eigenvalue weighted by atomic mass is 16.5. The summed E-state index contributed by atoms with van der Waals surface area (Å²) in [5.41, 5.74) is -0.576. The summed E-state index contributed by atoms with van der Waals surface area (Å²) in [7, 11) is 0. The van der Waals surface area contributed by atoms with E-state index >= 15 is 0 Å². The molecule has 0 unspecified atom stereocenters.